The third-order valence-corrected chi connectivity index (χ3v) is 2.99. The normalized spacial score (nSPS) is 12.4. The second-order valence-corrected chi connectivity index (χ2v) is 4.46. The Hall–Kier alpha value is -1.06. The minimum Gasteiger partial charge on any atom is -0.494 e. The molecule has 3 nitrogen and oxygen atoms in total. The van der Waals surface area contributed by atoms with Crippen molar-refractivity contribution in [1.29, 1.82) is 0 Å². The predicted octanol–water partition coefficient (Wildman–Crippen LogP) is 3.55. The zero-order valence-corrected chi connectivity index (χ0v) is 12.4. The molecule has 1 N–H and O–H groups in total. The molecule has 0 heterocycles. The van der Waals surface area contributed by atoms with Gasteiger partial charge < -0.3 is 14.8 Å². The highest BCUT2D eigenvalue weighted by Crippen LogP contribution is 2.27. The molecular weight excluding hydrogens is 238 g/mol. The number of nitrogens with one attached hydrogen (secondary N) is 1. The van der Waals surface area contributed by atoms with E-state index < -0.39 is 0 Å². The summed E-state index contributed by atoms with van der Waals surface area (Å²) in [7, 11) is 0. The molecule has 0 saturated heterocycles. The van der Waals surface area contributed by atoms with Crippen LogP contribution in [0.3, 0.4) is 0 Å². The average Bonchev–Trinajstić information content (AvgIpc) is 2.44. The van der Waals surface area contributed by atoms with Crippen molar-refractivity contribution in [2.45, 2.75) is 39.7 Å². The topological polar surface area (TPSA) is 30.5 Å². The van der Waals surface area contributed by atoms with Gasteiger partial charge in [0, 0.05) is 24.8 Å². The summed E-state index contributed by atoms with van der Waals surface area (Å²) in [4.78, 5) is 0. The van der Waals surface area contributed by atoms with E-state index in [1.54, 1.807) is 0 Å². The number of benzene rings is 1. The number of ether oxygens (including phenoxy) is 2. The average molecular weight is 265 g/mol. The summed E-state index contributed by atoms with van der Waals surface area (Å²) in [6.45, 7) is 9.49. The molecule has 0 amide bonds. The smallest absolute Gasteiger partial charge is 0.124 e. The van der Waals surface area contributed by atoms with Gasteiger partial charge in [-0.15, -0.1) is 0 Å². The van der Waals surface area contributed by atoms with E-state index in [1.807, 2.05) is 26.0 Å². The Morgan fingerprint density at radius 3 is 2.58 bits per heavy atom. The maximum absolute atomic E-state index is 5.72. The predicted molar refractivity (Wildman–Crippen MR) is 79.8 cm³/mol. The van der Waals surface area contributed by atoms with Crippen LogP contribution >= 0.6 is 0 Å². The zero-order valence-electron chi connectivity index (χ0n) is 12.4. The molecule has 0 aliphatic rings. The second-order valence-electron chi connectivity index (χ2n) is 4.46. The number of rotatable bonds is 10. The summed E-state index contributed by atoms with van der Waals surface area (Å²) in [5.41, 5.74) is 1.23. The lowest BCUT2D eigenvalue weighted by molar-refractivity contribution is 0.136. The molecule has 108 valence electrons. The summed E-state index contributed by atoms with van der Waals surface area (Å²) in [5.74, 6) is 0.982. The summed E-state index contributed by atoms with van der Waals surface area (Å²) in [5, 5.41) is 3.58. The van der Waals surface area contributed by atoms with Crippen molar-refractivity contribution in [3.05, 3.63) is 29.8 Å². The highest BCUT2D eigenvalue weighted by atomic mass is 16.5. The van der Waals surface area contributed by atoms with Gasteiger partial charge in [0.1, 0.15) is 5.75 Å². The lowest BCUT2D eigenvalue weighted by atomic mass is 10.0. The van der Waals surface area contributed by atoms with Gasteiger partial charge in [-0.1, -0.05) is 25.1 Å². The van der Waals surface area contributed by atoms with E-state index >= 15 is 0 Å². The molecule has 1 unspecified atom stereocenters. The third kappa shape index (κ3) is 5.62. The van der Waals surface area contributed by atoms with Crippen molar-refractivity contribution in [2.24, 2.45) is 0 Å². The van der Waals surface area contributed by atoms with Crippen LogP contribution < -0.4 is 10.1 Å². The van der Waals surface area contributed by atoms with E-state index in [4.69, 9.17) is 9.47 Å². The van der Waals surface area contributed by atoms with Crippen LogP contribution in [0.15, 0.2) is 24.3 Å². The minimum absolute atomic E-state index is 0.300. The van der Waals surface area contributed by atoms with Gasteiger partial charge in [-0.05, 0) is 39.3 Å². The van der Waals surface area contributed by atoms with Gasteiger partial charge >= 0.3 is 0 Å². The highest BCUT2D eigenvalue weighted by Gasteiger charge is 2.15. The Labute approximate surface area is 117 Å². The minimum atomic E-state index is 0.300. The van der Waals surface area contributed by atoms with Crippen molar-refractivity contribution >= 4 is 0 Å². The van der Waals surface area contributed by atoms with Crippen LogP contribution in [0.5, 0.6) is 5.75 Å². The summed E-state index contributed by atoms with van der Waals surface area (Å²) in [6.07, 6.45) is 2.10. The maximum atomic E-state index is 5.72. The van der Waals surface area contributed by atoms with Crippen molar-refractivity contribution in [3.63, 3.8) is 0 Å². The fourth-order valence-electron chi connectivity index (χ4n) is 2.09. The standard InChI is InChI=1S/C16H27NO2/c1-4-12-17-15(11-13-18-5-2)14-9-7-8-10-16(14)19-6-3/h7-10,15,17H,4-6,11-13H2,1-3H3. The summed E-state index contributed by atoms with van der Waals surface area (Å²) >= 11 is 0. The van der Waals surface area contributed by atoms with Gasteiger partial charge in [0.15, 0.2) is 0 Å². The molecule has 1 aromatic rings. The lowest BCUT2D eigenvalue weighted by Gasteiger charge is -2.21. The monoisotopic (exact) mass is 265 g/mol. The summed E-state index contributed by atoms with van der Waals surface area (Å²) < 4.78 is 11.2. The van der Waals surface area contributed by atoms with E-state index in [0.29, 0.717) is 12.6 Å². The molecule has 0 radical (unpaired) electrons. The van der Waals surface area contributed by atoms with Gasteiger partial charge in [-0.2, -0.15) is 0 Å². The zero-order chi connectivity index (χ0) is 13.9. The first kappa shape index (κ1) is 16.0. The molecule has 0 saturated carbocycles. The van der Waals surface area contributed by atoms with Crippen molar-refractivity contribution in [1.82, 2.24) is 5.32 Å². The van der Waals surface area contributed by atoms with Crippen LogP contribution in [0, 0.1) is 0 Å². The molecule has 3 heteroatoms. The molecule has 0 spiro atoms. The fourth-order valence-corrected chi connectivity index (χ4v) is 2.09. The van der Waals surface area contributed by atoms with E-state index in [1.165, 1.54) is 5.56 Å². The highest BCUT2D eigenvalue weighted by molar-refractivity contribution is 5.36. The van der Waals surface area contributed by atoms with Crippen LogP contribution in [0.4, 0.5) is 0 Å². The van der Waals surface area contributed by atoms with E-state index in [2.05, 4.69) is 24.4 Å². The first-order chi connectivity index (χ1) is 9.33. The second kappa shape index (κ2) is 9.82. The molecule has 1 atom stereocenters. The first-order valence-electron chi connectivity index (χ1n) is 7.36. The van der Waals surface area contributed by atoms with Crippen LogP contribution in [-0.4, -0.2) is 26.4 Å². The molecule has 0 aliphatic carbocycles. The van der Waals surface area contributed by atoms with Gasteiger partial charge in [0.2, 0.25) is 0 Å². The van der Waals surface area contributed by atoms with E-state index in [-0.39, 0.29) is 0 Å². The van der Waals surface area contributed by atoms with Crippen LogP contribution in [0.1, 0.15) is 45.2 Å². The first-order valence-corrected chi connectivity index (χ1v) is 7.36. The maximum Gasteiger partial charge on any atom is 0.124 e. The number of para-hydroxylation sites is 1. The Morgan fingerprint density at radius 1 is 1.11 bits per heavy atom. The summed E-state index contributed by atoms with van der Waals surface area (Å²) in [6, 6.07) is 8.58. The lowest BCUT2D eigenvalue weighted by Crippen LogP contribution is -2.24. The molecule has 0 bridgehead atoms. The van der Waals surface area contributed by atoms with E-state index in [9.17, 15) is 0 Å². The van der Waals surface area contributed by atoms with Crippen molar-refractivity contribution in [2.75, 3.05) is 26.4 Å². The van der Waals surface area contributed by atoms with Gasteiger partial charge in [-0.25, -0.2) is 0 Å². The molecule has 0 fully saturated rings. The molecule has 1 rings (SSSR count). The van der Waals surface area contributed by atoms with Gasteiger partial charge in [-0.3, -0.25) is 0 Å². The number of hydrogen-bond donors (Lipinski definition) is 1. The van der Waals surface area contributed by atoms with Crippen molar-refractivity contribution in [3.8, 4) is 5.75 Å². The van der Waals surface area contributed by atoms with Crippen LogP contribution in [0.2, 0.25) is 0 Å². The Morgan fingerprint density at radius 2 is 1.89 bits per heavy atom. The van der Waals surface area contributed by atoms with E-state index in [0.717, 1.165) is 38.3 Å². The fraction of sp³-hybridized carbons (Fsp3) is 0.625. The molecule has 1 aromatic carbocycles. The molecule has 19 heavy (non-hydrogen) atoms. The SMILES string of the molecule is CCCNC(CCOCC)c1ccccc1OCC. The number of hydrogen-bond acceptors (Lipinski definition) is 3. The Bertz CT molecular complexity index is 341. The Balaban J connectivity index is 2.76. The van der Waals surface area contributed by atoms with Gasteiger partial charge in [0.25, 0.3) is 0 Å². The molecule has 0 aromatic heterocycles. The van der Waals surface area contributed by atoms with Crippen LogP contribution in [-0.2, 0) is 4.74 Å². The van der Waals surface area contributed by atoms with Crippen molar-refractivity contribution < 1.29 is 9.47 Å². The third-order valence-electron chi connectivity index (χ3n) is 2.99. The Kier molecular flexibility index (Phi) is 8.26. The molecule has 0 aliphatic heterocycles. The largest absolute Gasteiger partial charge is 0.494 e. The quantitative estimate of drug-likeness (QED) is 0.656. The molecular formula is C16H27NO2. The van der Waals surface area contributed by atoms with Crippen LogP contribution in [0.25, 0.3) is 0 Å². The van der Waals surface area contributed by atoms with Gasteiger partial charge in [0.05, 0.1) is 6.61 Å².